The highest BCUT2D eigenvalue weighted by atomic mass is 32.2. The number of carboxylic acids is 1. The minimum absolute atomic E-state index is 0.265. The zero-order valence-corrected chi connectivity index (χ0v) is 15.7. The van der Waals surface area contributed by atoms with Gasteiger partial charge in [-0.25, -0.2) is 14.2 Å². The van der Waals surface area contributed by atoms with Crippen molar-refractivity contribution in [1.29, 1.82) is 0 Å². The Morgan fingerprint density at radius 2 is 1.71 bits per heavy atom. The number of carbonyl (C=O) groups is 1. The van der Waals surface area contributed by atoms with Crippen LogP contribution in [-0.2, 0) is 12.3 Å². The topological polar surface area (TPSA) is 55.1 Å². The van der Waals surface area contributed by atoms with Crippen molar-refractivity contribution in [2.24, 2.45) is 0 Å². The van der Waals surface area contributed by atoms with Gasteiger partial charge in [0.1, 0.15) is 5.82 Å². The van der Waals surface area contributed by atoms with Crippen molar-refractivity contribution in [1.82, 2.24) is 9.55 Å². The van der Waals surface area contributed by atoms with Gasteiger partial charge >= 0.3 is 5.97 Å². The van der Waals surface area contributed by atoms with Crippen LogP contribution in [0.1, 0.15) is 21.5 Å². The van der Waals surface area contributed by atoms with Crippen molar-refractivity contribution in [3.63, 3.8) is 0 Å². The minimum Gasteiger partial charge on any atom is -0.478 e. The molecular formula is C22H17FN2O2S. The van der Waals surface area contributed by atoms with Crippen molar-refractivity contribution >= 4 is 28.8 Å². The molecule has 0 fully saturated rings. The van der Waals surface area contributed by atoms with Crippen LogP contribution in [0.25, 0.3) is 11.0 Å². The fraction of sp³-hybridized carbons (Fsp3) is 0.0909. The van der Waals surface area contributed by atoms with Crippen LogP contribution in [0.2, 0.25) is 0 Å². The van der Waals surface area contributed by atoms with E-state index >= 15 is 0 Å². The average molecular weight is 392 g/mol. The Morgan fingerprint density at radius 3 is 2.50 bits per heavy atom. The highest BCUT2D eigenvalue weighted by Gasteiger charge is 2.14. The summed E-state index contributed by atoms with van der Waals surface area (Å²) in [6.07, 6.45) is 0. The van der Waals surface area contributed by atoms with Gasteiger partial charge in [-0.2, -0.15) is 0 Å². The minimum atomic E-state index is -0.934. The molecule has 140 valence electrons. The maximum absolute atomic E-state index is 13.2. The second-order valence-corrected chi connectivity index (χ2v) is 7.29. The van der Waals surface area contributed by atoms with Gasteiger partial charge in [0.05, 0.1) is 23.1 Å². The first-order valence-electron chi connectivity index (χ1n) is 8.75. The summed E-state index contributed by atoms with van der Waals surface area (Å²) in [5.74, 6) is -0.704. The van der Waals surface area contributed by atoms with Gasteiger partial charge in [-0.15, -0.1) is 0 Å². The number of rotatable bonds is 6. The zero-order valence-electron chi connectivity index (χ0n) is 14.9. The van der Waals surface area contributed by atoms with E-state index in [4.69, 9.17) is 4.98 Å². The van der Waals surface area contributed by atoms with E-state index in [0.29, 0.717) is 17.9 Å². The third-order valence-electron chi connectivity index (χ3n) is 4.48. The summed E-state index contributed by atoms with van der Waals surface area (Å²) >= 11 is 1.49. The Balaban J connectivity index is 1.67. The third kappa shape index (κ3) is 3.77. The molecule has 6 heteroatoms. The Bertz CT molecular complexity index is 1140. The van der Waals surface area contributed by atoms with Gasteiger partial charge in [0.2, 0.25) is 0 Å². The summed E-state index contributed by atoms with van der Waals surface area (Å²) in [5.41, 5.74) is 3.88. The number of halogens is 1. The summed E-state index contributed by atoms with van der Waals surface area (Å²) in [5, 5.41) is 10.2. The maximum Gasteiger partial charge on any atom is 0.335 e. The number of aromatic nitrogens is 2. The molecule has 4 nitrogen and oxygen atoms in total. The first-order valence-corrected chi connectivity index (χ1v) is 9.74. The fourth-order valence-electron chi connectivity index (χ4n) is 3.09. The van der Waals surface area contributed by atoms with Crippen molar-refractivity contribution in [3.05, 3.63) is 95.3 Å². The molecule has 0 atom stereocenters. The number of aromatic carboxylic acids is 1. The molecule has 0 aliphatic heterocycles. The molecule has 0 amide bonds. The van der Waals surface area contributed by atoms with E-state index < -0.39 is 5.97 Å². The van der Waals surface area contributed by atoms with Crippen LogP contribution in [0.4, 0.5) is 4.39 Å². The maximum atomic E-state index is 13.2. The summed E-state index contributed by atoms with van der Waals surface area (Å²) in [4.78, 5) is 16.2. The Morgan fingerprint density at radius 1 is 1.00 bits per heavy atom. The lowest BCUT2D eigenvalue weighted by Gasteiger charge is -2.10. The van der Waals surface area contributed by atoms with E-state index in [1.54, 1.807) is 24.3 Å². The highest BCUT2D eigenvalue weighted by molar-refractivity contribution is 7.98. The molecule has 1 aromatic heterocycles. The van der Waals surface area contributed by atoms with Crippen LogP contribution in [0, 0.1) is 5.82 Å². The lowest BCUT2D eigenvalue weighted by molar-refractivity contribution is 0.0696. The predicted octanol–water partition coefficient (Wildman–Crippen LogP) is 5.21. The second-order valence-electron chi connectivity index (χ2n) is 6.35. The van der Waals surface area contributed by atoms with E-state index in [9.17, 15) is 14.3 Å². The quantitative estimate of drug-likeness (QED) is 0.458. The van der Waals surface area contributed by atoms with E-state index in [1.165, 1.54) is 23.9 Å². The van der Waals surface area contributed by atoms with Gasteiger partial charge in [0.15, 0.2) is 5.16 Å². The molecule has 0 unspecified atom stereocenters. The Labute approximate surface area is 165 Å². The number of benzene rings is 3. The SMILES string of the molecule is O=C(O)c1ccccc1CSc1nc2ccccc2n1Cc1ccc(F)cc1. The summed E-state index contributed by atoms with van der Waals surface area (Å²) < 4.78 is 15.3. The summed E-state index contributed by atoms with van der Waals surface area (Å²) in [6, 6.07) is 21.3. The number of thioether (sulfide) groups is 1. The number of para-hydroxylation sites is 2. The van der Waals surface area contributed by atoms with Crippen LogP contribution >= 0.6 is 11.8 Å². The number of imidazole rings is 1. The Hall–Kier alpha value is -3.12. The Kier molecular flexibility index (Phi) is 5.12. The molecule has 0 aliphatic rings. The average Bonchev–Trinajstić information content (AvgIpc) is 3.06. The normalized spacial score (nSPS) is 11.0. The van der Waals surface area contributed by atoms with Crippen LogP contribution in [0.5, 0.6) is 0 Å². The molecule has 3 aromatic carbocycles. The van der Waals surface area contributed by atoms with Gasteiger partial charge in [0, 0.05) is 5.75 Å². The zero-order chi connectivity index (χ0) is 19.5. The number of hydrogen-bond acceptors (Lipinski definition) is 3. The number of hydrogen-bond donors (Lipinski definition) is 1. The molecule has 0 aliphatic carbocycles. The first-order chi connectivity index (χ1) is 13.6. The third-order valence-corrected chi connectivity index (χ3v) is 5.50. The lowest BCUT2D eigenvalue weighted by Crippen LogP contribution is -2.03. The van der Waals surface area contributed by atoms with Crippen molar-refractivity contribution in [2.75, 3.05) is 0 Å². The smallest absolute Gasteiger partial charge is 0.335 e. The van der Waals surface area contributed by atoms with E-state index in [0.717, 1.165) is 27.3 Å². The fourth-order valence-corrected chi connectivity index (χ4v) is 4.10. The lowest BCUT2D eigenvalue weighted by atomic mass is 10.1. The first kappa shape index (κ1) is 18.3. The van der Waals surface area contributed by atoms with Crippen LogP contribution < -0.4 is 0 Å². The monoisotopic (exact) mass is 392 g/mol. The van der Waals surface area contributed by atoms with E-state index in [-0.39, 0.29) is 5.82 Å². The van der Waals surface area contributed by atoms with Gasteiger partial charge in [-0.1, -0.05) is 54.2 Å². The number of carboxylic acid groups (broad SMARTS) is 1. The molecule has 1 heterocycles. The second kappa shape index (κ2) is 7.86. The molecule has 0 spiro atoms. The van der Waals surface area contributed by atoms with E-state index in [1.807, 2.05) is 36.4 Å². The van der Waals surface area contributed by atoms with Gasteiger partial charge in [-0.3, -0.25) is 0 Å². The van der Waals surface area contributed by atoms with Crippen LogP contribution in [0.15, 0.2) is 78.0 Å². The molecule has 28 heavy (non-hydrogen) atoms. The number of fused-ring (bicyclic) bond motifs is 1. The summed E-state index contributed by atoms with van der Waals surface area (Å²) in [7, 11) is 0. The molecule has 4 rings (SSSR count). The van der Waals surface area contributed by atoms with Crippen molar-refractivity contribution in [2.45, 2.75) is 17.5 Å². The molecule has 0 radical (unpaired) electrons. The van der Waals surface area contributed by atoms with Gasteiger partial charge in [0.25, 0.3) is 0 Å². The predicted molar refractivity (Wildman–Crippen MR) is 108 cm³/mol. The van der Waals surface area contributed by atoms with Crippen LogP contribution in [-0.4, -0.2) is 20.6 Å². The molecule has 0 bridgehead atoms. The molecule has 0 saturated heterocycles. The number of nitrogens with zero attached hydrogens (tertiary/aromatic N) is 2. The molecule has 0 saturated carbocycles. The highest BCUT2D eigenvalue weighted by Crippen LogP contribution is 2.28. The molecule has 1 N–H and O–H groups in total. The van der Waals surface area contributed by atoms with Crippen molar-refractivity contribution < 1.29 is 14.3 Å². The molecular weight excluding hydrogens is 375 g/mol. The van der Waals surface area contributed by atoms with Gasteiger partial charge < -0.3 is 9.67 Å². The van der Waals surface area contributed by atoms with E-state index in [2.05, 4.69) is 4.57 Å². The standard InChI is InChI=1S/C22H17FN2O2S/c23-17-11-9-15(10-12-17)13-25-20-8-4-3-7-19(20)24-22(25)28-14-16-5-1-2-6-18(16)21(26)27/h1-12H,13-14H2,(H,26,27). The molecule has 4 aromatic rings. The summed E-state index contributed by atoms with van der Waals surface area (Å²) in [6.45, 7) is 0.559. The van der Waals surface area contributed by atoms with Gasteiger partial charge in [-0.05, 0) is 41.5 Å². The van der Waals surface area contributed by atoms with Crippen LogP contribution in [0.3, 0.4) is 0 Å². The largest absolute Gasteiger partial charge is 0.478 e. The van der Waals surface area contributed by atoms with Crippen molar-refractivity contribution in [3.8, 4) is 0 Å².